The van der Waals surface area contributed by atoms with Crippen LogP contribution in [0.1, 0.15) is 5.56 Å². The van der Waals surface area contributed by atoms with Gasteiger partial charge in [0.15, 0.2) is 0 Å². The van der Waals surface area contributed by atoms with E-state index in [-0.39, 0.29) is 18.0 Å². The number of pyridine rings is 1. The van der Waals surface area contributed by atoms with E-state index in [4.69, 9.17) is 5.53 Å². The molecule has 4 aromatic rings. The van der Waals surface area contributed by atoms with Crippen LogP contribution in [0.25, 0.3) is 11.1 Å². The van der Waals surface area contributed by atoms with Crippen molar-refractivity contribution < 1.29 is 4.79 Å². The van der Waals surface area contributed by atoms with Gasteiger partial charge in [0, 0.05) is 17.4 Å². The summed E-state index contributed by atoms with van der Waals surface area (Å²) < 4.78 is 0. The van der Waals surface area contributed by atoms with Gasteiger partial charge in [0.2, 0.25) is 5.91 Å². The van der Waals surface area contributed by atoms with Crippen LogP contribution in [-0.2, 0) is 11.3 Å². The molecule has 7 nitrogen and oxygen atoms in total. The number of hydrogen-bond acceptors (Lipinski definition) is 6. The minimum Gasteiger partial charge on any atom is -0.374 e. The third-order valence-corrected chi connectivity index (χ3v) is 5.72. The van der Waals surface area contributed by atoms with Crippen LogP contribution in [0.4, 0.5) is 17.1 Å². The van der Waals surface area contributed by atoms with Gasteiger partial charge < -0.3 is 15.2 Å². The summed E-state index contributed by atoms with van der Waals surface area (Å²) in [5.74, 6) is -0.124. The SMILES string of the molecule is N=Nc1ccccc1NCC(=O)N(Cc1ccsc1)c1ccc(-c2ccc[nH]c2=O)cc1. The molecule has 0 bridgehead atoms. The number of aromatic amines is 1. The number of nitrogens with zero attached hydrogens (tertiary/aromatic N) is 2. The molecule has 0 saturated carbocycles. The minimum atomic E-state index is -0.158. The van der Waals surface area contributed by atoms with Crippen LogP contribution in [0.2, 0.25) is 0 Å². The van der Waals surface area contributed by atoms with E-state index in [1.165, 1.54) is 0 Å². The van der Waals surface area contributed by atoms with E-state index in [1.807, 2.05) is 47.2 Å². The van der Waals surface area contributed by atoms with Gasteiger partial charge in [-0.15, -0.1) is 0 Å². The van der Waals surface area contributed by atoms with Gasteiger partial charge in [-0.2, -0.15) is 16.5 Å². The number of thiophene rings is 1. The molecular formula is C24H21N5O2S. The fourth-order valence-electron chi connectivity index (χ4n) is 3.35. The van der Waals surface area contributed by atoms with Crippen LogP contribution in [0.15, 0.2) is 93.6 Å². The molecule has 32 heavy (non-hydrogen) atoms. The summed E-state index contributed by atoms with van der Waals surface area (Å²) in [6.45, 7) is 0.483. The summed E-state index contributed by atoms with van der Waals surface area (Å²) in [5, 5.41) is 10.6. The molecule has 0 fully saturated rings. The van der Waals surface area contributed by atoms with Crippen molar-refractivity contribution in [3.05, 3.63) is 99.6 Å². The number of amides is 1. The Morgan fingerprint density at radius 3 is 2.59 bits per heavy atom. The third-order valence-electron chi connectivity index (χ3n) is 4.98. The maximum atomic E-state index is 13.2. The van der Waals surface area contributed by atoms with E-state index in [0.29, 0.717) is 23.5 Å². The van der Waals surface area contributed by atoms with Crippen molar-refractivity contribution in [2.24, 2.45) is 5.11 Å². The largest absolute Gasteiger partial charge is 0.374 e. The Kier molecular flexibility index (Phi) is 6.52. The topological polar surface area (TPSA) is 101 Å². The number of carbonyl (C=O) groups excluding carboxylic acids is 1. The summed E-state index contributed by atoms with van der Waals surface area (Å²) in [5.41, 5.74) is 11.4. The van der Waals surface area contributed by atoms with Crippen molar-refractivity contribution in [2.45, 2.75) is 6.54 Å². The molecule has 0 atom stereocenters. The molecule has 4 rings (SSSR count). The maximum absolute atomic E-state index is 13.2. The average Bonchev–Trinajstić information content (AvgIpc) is 3.35. The van der Waals surface area contributed by atoms with E-state index in [2.05, 4.69) is 15.4 Å². The Balaban J connectivity index is 1.57. The van der Waals surface area contributed by atoms with Crippen molar-refractivity contribution in [1.29, 1.82) is 5.53 Å². The Morgan fingerprint density at radius 1 is 1.06 bits per heavy atom. The Bertz CT molecular complexity index is 1270. The zero-order valence-electron chi connectivity index (χ0n) is 17.1. The van der Waals surface area contributed by atoms with Crippen LogP contribution < -0.4 is 15.8 Å². The molecule has 0 aliphatic rings. The first kappa shape index (κ1) is 21.2. The number of carbonyl (C=O) groups is 1. The van der Waals surface area contributed by atoms with Crippen molar-refractivity contribution in [1.82, 2.24) is 4.98 Å². The molecule has 2 aromatic carbocycles. The first-order valence-corrected chi connectivity index (χ1v) is 10.9. The van der Waals surface area contributed by atoms with Crippen molar-refractivity contribution in [2.75, 3.05) is 16.8 Å². The van der Waals surface area contributed by atoms with Crippen molar-refractivity contribution >= 4 is 34.3 Å². The predicted molar refractivity (Wildman–Crippen MR) is 128 cm³/mol. The highest BCUT2D eigenvalue weighted by Crippen LogP contribution is 2.25. The number of para-hydroxylation sites is 2. The molecule has 0 saturated heterocycles. The van der Waals surface area contributed by atoms with Gasteiger partial charge in [-0.25, -0.2) is 5.53 Å². The van der Waals surface area contributed by atoms with Gasteiger partial charge in [-0.3, -0.25) is 9.59 Å². The molecule has 0 aliphatic carbocycles. The monoisotopic (exact) mass is 443 g/mol. The highest BCUT2D eigenvalue weighted by atomic mass is 32.1. The number of hydrogen-bond donors (Lipinski definition) is 3. The normalized spacial score (nSPS) is 10.5. The van der Waals surface area contributed by atoms with E-state index in [9.17, 15) is 9.59 Å². The number of H-pyrrole nitrogens is 1. The minimum absolute atomic E-state index is 0.0524. The summed E-state index contributed by atoms with van der Waals surface area (Å²) in [7, 11) is 0. The van der Waals surface area contributed by atoms with Crippen LogP contribution >= 0.6 is 11.3 Å². The summed E-state index contributed by atoms with van der Waals surface area (Å²) >= 11 is 1.58. The predicted octanol–water partition coefficient (Wildman–Crippen LogP) is 5.41. The second kappa shape index (κ2) is 9.84. The molecule has 1 amide bonds. The Morgan fingerprint density at radius 2 is 1.88 bits per heavy atom. The van der Waals surface area contributed by atoms with E-state index < -0.39 is 0 Å². The van der Waals surface area contributed by atoms with Gasteiger partial charge in [0.05, 0.1) is 18.8 Å². The van der Waals surface area contributed by atoms with Crippen molar-refractivity contribution in [3.8, 4) is 11.1 Å². The lowest BCUT2D eigenvalue weighted by Gasteiger charge is -2.23. The van der Waals surface area contributed by atoms with Crippen LogP contribution in [0.3, 0.4) is 0 Å². The molecule has 2 aromatic heterocycles. The second-order valence-corrected chi connectivity index (χ2v) is 7.83. The van der Waals surface area contributed by atoms with Crippen molar-refractivity contribution in [3.63, 3.8) is 0 Å². The number of aromatic nitrogens is 1. The first-order chi connectivity index (χ1) is 15.7. The molecule has 0 radical (unpaired) electrons. The molecule has 160 valence electrons. The molecule has 8 heteroatoms. The van der Waals surface area contributed by atoms with Gasteiger partial charge >= 0.3 is 0 Å². The van der Waals surface area contributed by atoms with E-state index >= 15 is 0 Å². The average molecular weight is 444 g/mol. The standard InChI is InChI=1S/C24H21N5O2S/c25-28-22-6-2-1-5-21(22)27-14-23(30)29(15-17-11-13-32-16-17)19-9-7-18(8-10-19)20-4-3-12-26-24(20)31/h1-13,16,25,27H,14-15H2,(H,26,31). The van der Waals surface area contributed by atoms with Crippen LogP contribution in [0.5, 0.6) is 0 Å². The Labute approximate surface area is 188 Å². The number of nitrogens with one attached hydrogen (secondary N) is 3. The Hall–Kier alpha value is -4.04. The lowest BCUT2D eigenvalue weighted by Crippen LogP contribution is -2.35. The zero-order valence-corrected chi connectivity index (χ0v) is 17.9. The molecule has 0 spiro atoms. The van der Waals surface area contributed by atoms with Gasteiger partial charge in [0.25, 0.3) is 5.56 Å². The lowest BCUT2D eigenvalue weighted by molar-refractivity contribution is -0.117. The number of anilines is 2. The second-order valence-electron chi connectivity index (χ2n) is 7.05. The molecular weight excluding hydrogens is 422 g/mol. The quantitative estimate of drug-likeness (QED) is 0.317. The first-order valence-electron chi connectivity index (χ1n) is 9.95. The van der Waals surface area contributed by atoms with E-state index in [0.717, 1.165) is 16.8 Å². The summed E-state index contributed by atoms with van der Waals surface area (Å²) in [6, 6.07) is 20.0. The van der Waals surface area contributed by atoms with Crippen LogP contribution in [0, 0.1) is 5.53 Å². The van der Waals surface area contributed by atoms with Gasteiger partial charge in [-0.1, -0.05) is 24.3 Å². The smallest absolute Gasteiger partial charge is 0.255 e. The summed E-state index contributed by atoms with van der Waals surface area (Å²) in [4.78, 5) is 29.6. The molecule has 3 N–H and O–H groups in total. The summed E-state index contributed by atoms with van der Waals surface area (Å²) in [6.07, 6.45) is 1.60. The molecule has 0 unspecified atom stereocenters. The van der Waals surface area contributed by atoms with Gasteiger partial charge in [0.1, 0.15) is 5.69 Å². The lowest BCUT2D eigenvalue weighted by atomic mass is 10.1. The fraction of sp³-hybridized carbons (Fsp3) is 0.0833. The third kappa shape index (κ3) is 4.81. The van der Waals surface area contributed by atoms with Gasteiger partial charge in [-0.05, 0) is 64.4 Å². The van der Waals surface area contributed by atoms with E-state index in [1.54, 1.807) is 52.8 Å². The molecule has 0 aliphatic heterocycles. The highest BCUT2D eigenvalue weighted by molar-refractivity contribution is 7.07. The highest BCUT2D eigenvalue weighted by Gasteiger charge is 2.17. The van der Waals surface area contributed by atoms with Crippen LogP contribution in [-0.4, -0.2) is 17.4 Å². The zero-order chi connectivity index (χ0) is 22.3. The number of rotatable bonds is 8. The maximum Gasteiger partial charge on any atom is 0.255 e. The fourth-order valence-corrected chi connectivity index (χ4v) is 4.01. The number of benzene rings is 2. The molecule has 2 heterocycles.